The zero-order chi connectivity index (χ0) is 11.1. The van der Waals surface area contributed by atoms with E-state index in [1.165, 1.54) is 0 Å². The fourth-order valence-electron chi connectivity index (χ4n) is 1.94. The van der Waals surface area contributed by atoms with Crippen molar-refractivity contribution < 1.29 is 0 Å². The summed E-state index contributed by atoms with van der Waals surface area (Å²) < 4.78 is 1.91. The third-order valence-electron chi connectivity index (χ3n) is 2.70. The summed E-state index contributed by atoms with van der Waals surface area (Å²) in [6.45, 7) is 0. The monoisotopic (exact) mass is 276 g/mol. The average molecular weight is 277 g/mol. The van der Waals surface area contributed by atoms with Crippen LogP contribution in [0.25, 0.3) is 16.6 Å². The molecule has 2 aromatic heterocycles. The van der Waals surface area contributed by atoms with Crippen molar-refractivity contribution in [3.63, 3.8) is 0 Å². The lowest BCUT2D eigenvalue weighted by atomic mass is 10.2. The number of nitrogens with one attached hydrogen (secondary N) is 1. The Morgan fingerprint density at radius 2 is 2.12 bits per heavy atom. The van der Waals surface area contributed by atoms with E-state index in [9.17, 15) is 4.79 Å². The third kappa shape index (κ3) is 1.30. The second kappa shape index (κ2) is 3.49. The van der Waals surface area contributed by atoms with Gasteiger partial charge in [-0.1, -0.05) is 22.0 Å². The van der Waals surface area contributed by atoms with Crippen LogP contribution in [-0.4, -0.2) is 9.38 Å². The van der Waals surface area contributed by atoms with Gasteiger partial charge >= 0.3 is 0 Å². The number of H-pyrrole nitrogens is 1. The minimum Gasteiger partial charge on any atom is -0.319 e. The second-order valence-corrected chi connectivity index (χ2v) is 4.26. The molecule has 3 nitrogen and oxygen atoms in total. The Kier molecular flexibility index (Phi) is 2.11. The summed E-state index contributed by atoms with van der Waals surface area (Å²) in [5.74, 6) is 0. The van der Waals surface area contributed by atoms with Crippen LogP contribution in [0.4, 0.5) is 0 Å². The molecule has 0 amide bonds. The van der Waals surface area contributed by atoms with Gasteiger partial charge in [-0.25, -0.2) is 0 Å². The van der Waals surface area contributed by atoms with Crippen LogP contribution in [-0.2, 0) is 5.33 Å². The molecule has 0 atom stereocenters. The predicted molar refractivity (Wildman–Crippen MR) is 68.2 cm³/mol. The highest BCUT2D eigenvalue weighted by Crippen LogP contribution is 2.16. The number of fused-ring (bicyclic) bond motifs is 3. The van der Waals surface area contributed by atoms with Crippen molar-refractivity contribution in [3.8, 4) is 0 Å². The SMILES string of the molecule is O=c1[nH]c2cc(CBr)ccc2n2cccc12. The molecule has 0 fully saturated rings. The Morgan fingerprint density at radius 1 is 1.25 bits per heavy atom. The predicted octanol–water partition coefficient (Wildman–Crippen LogP) is 2.68. The van der Waals surface area contributed by atoms with Crippen molar-refractivity contribution in [2.24, 2.45) is 0 Å². The maximum absolute atomic E-state index is 11.8. The largest absolute Gasteiger partial charge is 0.319 e. The number of rotatable bonds is 1. The summed E-state index contributed by atoms with van der Waals surface area (Å²) in [4.78, 5) is 14.7. The van der Waals surface area contributed by atoms with Gasteiger partial charge in [0.1, 0.15) is 5.52 Å². The number of nitrogens with zero attached hydrogens (tertiary/aromatic N) is 1. The molecule has 1 aromatic carbocycles. The number of alkyl halides is 1. The molecule has 4 heteroatoms. The summed E-state index contributed by atoms with van der Waals surface area (Å²) in [5.41, 5.74) is 3.66. The molecule has 0 aliphatic heterocycles. The molecule has 0 spiro atoms. The molecule has 0 bridgehead atoms. The molecule has 3 rings (SSSR count). The first-order valence-electron chi connectivity index (χ1n) is 4.97. The van der Waals surface area contributed by atoms with Crippen molar-refractivity contribution in [1.82, 2.24) is 9.38 Å². The summed E-state index contributed by atoms with van der Waals surface area (Å²) in [5, 5.41) is 0.786. The van der Waals surface area contributed by atoms with Crippen molar-refractivity contribution in [2.75, 3.05) is 0 Å². The van der Waals surface area contributed by atoms with Crippen molar-refractivity contribution in [1.29, 1.82) is 0 Å². The van der Waals surface area contributed by atoms with Crippen LogP contribution in [0.5, 0.6) is 0 Å². The van der Waals surface area contributed by atoms with Gasteiger partial charge in [0.05, 0.1) is 11.0 Å². The van der Waals surface area contributed by atoms with Crippen LogP contribution in [0.2, 0.25) is 0 Å². The second-order valence-electron chi connectivity index (χ2n) is 3.70. The number of aromatic nitrogens is 2. The van der Waals surface area contributed by atoms with E-state index in [0.717, 1.165) is 21.9 Å². The van der Waals surface area contributed by atoms with E-state index in [2.05, 4.69) is 27.0 Å². The van der Waals surface area contributed by atoms with Crippen LogP contribution in [0.3, 0.4) is 0 Å². The molecular weight excluding hydrogens is 268 g/mol. The smallest absolute Gasteiger partial charge is 0.272 e. The number of hydrogen-bond acceptors (Lipinski definition) is 1. The van der Waals surface area contributed by atoms with Crippen molar-refractivity contribution in [3.05, 3.63) is 52.4 Å². The molecule has 3 aromatic rings. The normalized spacial score (nSPS) is 11.3. The lowest BCUT2D eigenvalue weighted by molar-refractivity contribution is 1.18. The molecule has 0 radical (unpaired) electrons. The summed E-state index contributed by atoms with van der Waals surface area (Å²) >= 11 is 3.41. The van der Waals surface area contributed by atoms with E-state index in [1.807, 2.05) is 34.9 Å². The maximum atomic E-state index is 11.8. The topological polar surface area (TPSA) is 37.3 Å². The Hall–Kier alpha value is -1.55. The van der Waals surface area contributed by atoms with Crippen LogP contribution < -0.4 is 5.56 Å². The third-order valence-corrected chi connectivity index (χ3v) is 3.35. The van der Waals surface area contributed by atoms with E-state index in [0.29, 0.717) is 5.52 Å². The molecule has 0 aliphatic rings. The molecular formula is C12H9BrN2O. The minimum atomic E-state index is -0.0516. The van der Waals surface area contributed by atoms with E-state index in [1.54, 1.807) is 0 Å². The van der Waals surface area contributed by atoms with Gasteiger partial charge in [-0.15, -0.1) is 0 Å². The quantitative estimate of drug-likeness (QED) is 0.682. The fraction of sp³-hybridized carbons (Fsp3) is 0.0833. The zero-order valence-corrected chi connectivity index (χ0v) is 9.99. The van der Waals surface area contributed by atoms with Gasteiger partial charge in [-0.3, -0.25) is 4.79 Å². The van der Waals surface area contributed by atoms with Crippen LogP contribution in [0.1, 0.15) is 5.56 Å². The maximum Gasteiger partial charge on any atom is 0.272 e. The molecule has 0 saturated carbocycles. The first-order chi connectivity index (χ1) is 7.79. The molecule has 80 valence electrons. The van der Waals surface area contributed by atoms with Gasteiger partial charge < -0.3 is 9.38 Å². The highest BCUT2D eigenvalue weighted by atomic mass is 79.9. The summed E-state index contributed by atoms with van der Waals surface area (Å²) in [7, 11) is 0. The molecule has 2 heterocycles. The highest BCUT2D eigenvalue weighted by molar-refractivity contribution is 9.08. The molecule has 0 aliphatic carbocycles. The first-order valence-corrected chi connectivity index (χ1v) is 6.10. The van der Waals surface area contributed by atoms with E-state index < -0.39 is 0 Å². The van der Waals surface area contributed by atoms with Crippen LogP contribution in [0, 0.1) is 0 Å². The van der Waals surface area contributed by atoms with Crippen LogP contribution >= 0.6 is 15.9 Å². The summed E-state index contributed by atoms with van der Waals surface area (Å²) in [6.07, 6.45) is 1.90. The molecule has 16 heavy (non-hydrogen) atoms. The Morgan fingerprint density at radius 3 is 2.94 bits per heavy atom. The van der Waals surface area contributed by atoms with Gasteiger partial charge in [0.2, 0.25) is 0 Å². The molecule has 0 unspecified atom stereocenters. The van der Waals surface area contributed by atoms with Gasteiger partial charge in [-0.2, -0.15) is 0 Å². The average Bonchev–Trinajstić information content (AvgIpc) is 2.78. The fourth-order valence-corrected chi connectivity index (χ4v) is 2.29. The van der Waals surface area contributed by atoms with Gasteiger partial charge in [0, 0.05) is 11.5 Å². The lowest BCUT2D eigenvalue weighted by Crippen LogP contribution is -2.09. The highest BCUT2D eigenvalue weighted by Gasteiger charge is 2.04. The van der Waals surface area contributed by atoms with Crippen molar-refractivity contribution >= 4 is 32.5 Å². The Bertz CT molecular complexity index is 727. The van der Waals surface area contributed by atoms with Gasteiger partial charge in [-0.05, 0) is 29.8 Å². The molecule has 1 N–H and O–H groups in total. The number of aromatic amines is 1. The van der Waals surface area contributed by atoms with Crippen LogP contribution in [0.15, 0.2) is 41.3 Å². The van der Waals surface area contributed by atoms with Gasteiger partial charge in [0.25, 0.3) is 5.56 Å². The van der Waals surface area contributed by atoms with E-state index >= 15 is 0 Å². The van der Waals surface area contributed by atoms with Crippen molar-refractivity contribution in [2.45, 2.75) is 5.33 Å². The number of halogens is 1. The minimum absolute atomic E-state index is 0.0516. The standard InChI is InChI=1S/C12H9BrN2O/c13-7-8-3-4-10-9(6-8)14-12(16)11-2-1-5-15(10)11/h1-6H,7H2,(H,14,16). The lowest BCUT2D eigenvalue weighted by Gasteiger charge is -2.04. The Labute approximate surface area is 99.8 Å². The zero-order valence-electron chi connectivity index (χ0n) is 8.40. The Balaban J connectivity index is 2.53. The summed E-state index contributed by atoms with van der Waals surface area (Å²) in [6, 6.07) is 9.76. The first kappa shape index (κ1) is 9.66. The number of benzene rings is 1. The number of hydrogen-bond donors (Lipinski definition) is 1. The van der Waals surface area contributed by atoms with E-state index in [-0.39, 0.29) is 5.56 Å². The van der Waals surface area contributed by atoms with E-state index in [4.69, 9.17) is 0 Å². The van der Waals surface area contributed by atoms with Gasteiger partial charge in [0.15, 0.2) is 0 Å². The molecule has 0 saturated heterocycles.